The monoisotopic (exact) mass is 272 g/mol. The van der Waals surface area contributed by atoms with Crippen LogP contribution in [0.4, 0.5) is 8.78 Å². The van der Waals surface area contributed by atoms with E-state index in [1.54, 1.807) is 6.92 Å². The third-order valence-corrected chi connectivity index (χ3v) is 2.86. The predicted octanol–water partition coefficient (Wildman–Crippen LogP) is 1.59. The molecular formula is C13H18F2N2O2. The van der Waals surface area contributed by atoms with E-state index >= 15 is 0 Å². The molecule has 19 heavy (non-hydrogen) atoms. The summed E-state index contributed by atoms with van der Waals surface area (Å²) in [4.78, 5) is 11.3. The second kappa shape index (κ2) is 6.47. The summed E-state index contributed by atoms with van der Waals surface area (Å²) in [7, 11) is 0. The van der Waals surface area contributed by atoms with E-state index in [-0.39, 0.29) is 18.8 Å². The summed E-state index contributed by atoms with van der Waals surface area (Å²) >= 11 is 0. The van der Waals surface area contributed by atoms with Crippen LogP contribution in [0.2, 0.25) is 0 Å². The molecule has 1 unspecified atom stereocenters. The van der Waals surface area contributed by atoms with Crippen molar-refractivity contribution in [3.8, 4) is 5.75 Å². The van der Waals surface area contributed by atoms with E-state index in [1.165, 1.54) is 6.07 Å². The van der Waals surface area contributed by atoms with Crippen LogP contribution in [0.1, 0.15) is 20.3 Å². The summed E-state index contributed by atoms with van der Waals surface area (Å²) in [6.45, 7) is 4.17. The highest BCUT2D eigenvalue weighted by molar-refractivity contribution is 5.84. The minimum Gasteiger partial charge on any atom is -0.490 e. The molecule has 0 radical (unpaired) electrons. The number of hydrogen-bond donors (Lipinski definition) is 2. The molecule has 1 atom stereocenters. The van der Waals surface area contributed by atoms with Crippen molar-refractivity contribution in [3.05, 3.63) is 29.8 Å². The van der Waals surface area contributed by atoms with Gasteiger partial charge in [0.25, 0.3) is 0 Å². The van der Waals surface area contributed by atoms with Gasteiger partial charge in [-0.25, -0.2) is 8.78 Å². The predicted molar refractivity (Wildman–Crippen MR) is 67.7 cm³/mol. The van der Waals surface area contributed by atoms with Crippen LogP contribution in [0.3, 0.4) is 0 Å². The number of halogens is 2. The molecule has 0 saturated heterocycles. The lowest BCUT2D eigenvalue weighted by molar-refractivity contribution is -0.124. The van der Waals surface area contributed by atoms with Gasteiger partial charge in [-0.1, -0.05) is 6.92 Å². The van der Waals surface area contributed by atoms with Crippen LogP contribution in [-0.2, 0) is 4.79 Å². The first-order chi connectivity index (χ1) is 8.89. The van der Waals surface area contributed by atoms with Gasteiger partial charge >= 0.3 is 0 Å². The van der Waals surface area contributed by atoms with Crippen LogP contribution in [-0.4, -0.2) is 24.6 Å². The number of amides is 1. The van der Waals surface area contributed by atoms with Gasteiger partial charge in [-0.05, 0) is 25.6 Å². The van der Waals surface area contributed by atoms with Crippen LogP contribution < -0.4 is 15.8 Å². The number of nitrogens with one attached hydrogen (secondary N) is 1. The number of benzene rings is 1. The maximum absolute atomic E-state index is 13.3. The maximum Gasteiger partial charge on any atom is 0.237 e. The summed E-state index contributed by atoms with van der Waals surface area (Å²) in [5.41, 5.74) is 4.39. The van der Waals surface area contributed by atoms with Crippen molar-refractivity contribution < 1.29 is 18.3 Å². The normalized spacial score (nSPS) is 13.9. The Morgan fingerprint density at radius 1 is 1.47 bits per heavy atom. The topological polar surface area (TPSA) is 64.3 Å². The number of carbonyl (C=O) groups is 1. The first-order valence-electron chi connectivity index (χ1n) is 6.02. The quantitative estimate of drug-likeness (QED) is 0.792. The molecule has 0 aromatic heterocycles. The molecule has 1 aromatic carbocycles. The van der Waals surface area contributed by atoms with E-state index in [0.717, 1.165) is 12.1 Å². The standard InChI is InChI=1S/C13H18F2N2O2/c1-3-17-13(2,12(16)18)6-7-19-11-5-4-9(14)8-10(11)15/h4-5,8,17H,3,6-7H2,1-2H3,(H2,16,18). The van der Waals surface area contributed by atoms with Crippen molar-refractivity contribution in [1.82, 2.24) is 5.32 Å². The van der Waals surface area contributed by atoms with Gasteiger partial charge in [0.2, 0.25) is 5.91 Å². The Bertz CT molecular complexity index is 454. The van der Waals surface area contributed by atoms with Gasteiger partial charge in [0.15, 0.2) is 11.6 Å². The summed E-state index contributed by atoms with van der Waals surface area (Å²) in [5, 5.41) is 2.96. The van der Waals surface area contributed by atoms with E-state index < -0.39 is 23.1 Å². The fraction of sp³-hybridized carbons (Fsp3) is 0.462. The molecule has 0 saturated carbocycles. The van der Waals surface area contributed by atoms with E-state index in [4.69, 9.17) is 10.5 Å². The highest BCUT2D eigenvalue weighted by atomic mass is 19.1. The summed E-state index contributed by atoms with van der Waals surface area (Å²) < 4.78 is 31.2. The molecule has 0 fully saturated rings. The van der Waals surface area contributed by atoms with Crippen molar-refractivity contribution in [2.45, 2.75) is 25.8 Å². The molecule has 1 rings (SSSR count). The highest BCUT2D eigenvalue weighted by Crippen LogP contribution is 2.19. The lowest BCUT2D eigenvalue weighted by Gasteiger charge is -2.26. The Hall–Kier alpha value is -1.69. The van der Waals surface area contributed by atoms with Gasteiger partial charge in [-0.3, -0.25) is 4.79 Å². The minimum absolute atomic E-state index is 0.0512. The number of ether oxygens (including phenoxy) is 1. The molecule has 1 amide bonds. The van der Waals surface area contributed by atoms with Crippen LogP contribution >= 0.6 is 0 Å². The molecule has 6 heteroatoms. The first-order valence-corrected chi connectivity index (χ1v) is 6.02. The average Bonchev–Trinajstić information content (AvgIpc) is 2.32. The number of rotatable bonds is 7. The van der Waals surface area contributed by atoms with Gasteiger partial charge in [-0.15, -0.1) is 0 Å². The van der Waals surface area contributed by atoms with Gasteiger partial charge in [0, 0.05) is 12.5 Å². The zero-order valence-electron chi connectivity index (χ0n) is 11.0. The van der Waals surface area contributed by atoms with Crippen molar-refractivity contribution in [3.63, 3.8) is 0 Å². The van der Waals surface area contributed by atoms with E-state index in [0.29, 0.717) is 6.54 Å². The molecule has 1 aromatic rings. The Kier molecular flexibility index (Phi) is 5.23. The van der Waals surface area contributed by atoms with Crippen molar-refractivity contribution in [1.29, 1.82) is 0 Å². The number of primary amides is 1. The van der Waals surface area contributed by atoms with Crippen molar-refractivity contribution >= 4 is 5.91 Å². The van der Waals surface area contributed by atoms with Crippen LogP contribution in [0.25, 0.3) is 0 Å². The third kappa shape index (κ3) is 4.17. The molecule has 3 N–H and O–H groups in total. The van der Waals surface area contributed by atoms with Gasteiger partial charge < -0.3 is 15.8 Å². The largest absolute Gasteiger partial charge is 0.490 e. The number of likely N-dealkylation sites (N-methyl/N-ethyl adjacent to an activating group) is 1. The van der Waals surface area contributed by atoms with Crippen LogP contribution in [0.15, 0.2) is 18.2 Å². The number of carbonyl (C=O) groups excluding carboxylic acids is 1. The van der Waals surface area contributed by atoms with Crippen LogP contribution in [0, 0.1) is 11.6 Å². The SMILES string of the molecule is CCNC(C)(CCOc1ccc(F)cc1F)C(N)=O. The second-order valence-electron chi connectivity index (χ2n) is 4.40. The summed E-state index contributed by atoms with van der Waals surface area (Å²) in [5.74, 6) is -1.99. The van der Waals surface area contributed by atoms with E-state index in [9.17, 15) is 13.6 Å². The Balaban J connectivity index is 2.59. The molecule has 0 bridgehead atoms. The summed E-state index contributed by atoms with van der Waals surface area (Å²) in [6, 6.07) is 3.06. The van der Waals surface area contributed by atoms with Gasteiger partial charge in [0.05, 0.1) is 12.1 Å². The lowest BCUT2D eigenvalue weighted by atomic mass is 9.97. The molecule has 0 aliphatic carbocycles. The number of hydrogen-bond acceptors (Lipinski definition) is 3. The highest BCUT2D eigenvalue weighted by Gasteiger charge is 2.29. The third-order valence-electron chi connectivity index (χ3n) is 2.86. The Morgan fingerprint density at radius 3 is 2.68 bits per heavy atom. The molecular weight excluding hydrogens is 254 g/mol. The zero-order valence-corrected chi connectivity index (χ0v) is 11.0. The molecule has 0 spiro atoms. The second-order valence-corrected chi connectivity index (χ2v) is 4.40. The zero-order chi connectivity index (χ0) is 14.5. The Morgan fingerprint density at radius 2 is 2.16 bits per heavy atom. The van der Waals surface area contributed by atoms with E-state index in [2.05, 4.69) is 5.32 Å². The maximum atomic E-state index is 13.3. The van der Waals surface area contributed by atoms with E-state index in [1.807, 2.05) is 6.92 Å². The summed E-state index contributed by atoms with van der Waals surface area (Å²) in [6.07, 6.45) is 0.285. The average molecular weight is 272 g/mol. The van der Waals surface area contributed by atoms with Crippen LogP contribution in [0.5, 0.6) is 5.75 Å². The minimum atomic E-state index is -0.911. The molecule has 0 heterocycles. The molecule has 0 aliphatic heterocycles. The van der Waals surface area contributed by atoms with Crippen molar-refractivity contribution in [2.24, 2.45) is 5.73 Å². The number of nitrogens with two attached hydrogens (primary N) is 1. The smallest absolute Gasteiger partial charge is 0.237 e. The van der Waals surface area contributed by atoms with Gasteiger partial charge in [-0.2, -0.15) is 0 Å². The van der Waals surface area contributed by atoms with Gasteiger partial charge in [0.1, 0.15) is 5.82 Å². The van der Waals surface area contributed by atoms with Crippen molar-refractivity contribution in [2.75, 3.05) is 13.2 Å². The molecule has 4 nitrogen and oxygen atoms in total. The molecule has 0 aliphatic rings. The fourth-order valence-corrected chi connectivity index (χ4v) is 1.65. The lowest BCUT2D eigenvalue weighted by Crippen LogP contribution is -2.53. The first kappa shape index (κ1) is 15.4. The molecule has 106 valence electrons. The Labute approximate surface area is 110 Å². The fourth-order valence-electron chi connectivity index (χ4n) is 1.65.